The van der Waals surface area contributed by atoms with Gasteiger partial charge in [-0.15, -0.1) is 0 Å². The number of aromatic amines is 1. The third-order valence-electron chi connectivity index (χ3n) is 4.42. The van der Waals surface area contributed by atoms with E-state index in [1.165, 1.54) is 6.42 Å². The third-order valence-corrected chi connectivity index (χ3v) is 4.42. The van der Waals surface area contributed by atoms with E-state index in [1.54, 1.807) is 0 Å². The molecule has 21 heavy (non-hydrogen) atoms. The third kappa shape index (κ3) is 2.63. The van der Waals surface area contributed by atoms with Crippen LogP contribution >= 0.6 is 0 Å². The first kappa shape index (κ1) is 14.0. The van der Waals surface area contributed by atoms with E-state index in [2.05, 4.69) is 4.98 Å². The summed E-state index contributed by atoms with van der Waals surface area (Å²) in [4.78, 5) is 19.9. The SMILES string of the molecule is Cc1c(-c2ccccc2)nc(C2(N)CCCCC2)[nH]c1=O. The van der Waals surface area contributed by atoms with Crippen molar-refractivity contribution in [3.8, 4) is 11.3 Å². The largest absolute Gasteiger partial charge is 0.319 e. The maximum absolute atomic E-state index is 12.3. The second-order valence-corrected chi connectivity index (χ2v) is 5.97. The van der Waals surface area contributed by atoms with Crippen LogP contribution in [-0.4, -0.2) is 9.97 Å². The first-order valence-electron chi connectivity index (χ1n) is 7.56. The molecule has 110 valence electrons. The number of nitrogens with one attached hydrogen (secondary N) is 1. The Morgan fingerprint density at radius 2 is 1.81 bits per heavy atom. The van der Waals surface area contributed by atoms with E-state index in [-0.39, 0.29) is 5.56 Å². The van der Waals surface area contributed by atoms with Gasteiger partial charge in [0.15, 0.2) is 0 Å². The van der Waals surface area contributed by atoms with E-state index in [9.17, 15) is 4.79 Å². The van der Waals surface area contributed by atoms with Gasteiger partial charge >= 0.3 is 0 Å². The fraction of sp³-hybridized carbons (Fsp3) is 0.412. The average Bonchev–Trinajstić information content (AvgIpc) is 2.51. The Kier molecular flexibility index (Phi) is 3.64. The maximum Gasteiger partial charge on any atom is 0.254 e. The summed E-state index contributed by atoms with van der Waals surface area (Å²) in [6.07, 6.45) is 5.16. The molecule has 4 heteroatoms. The molecule has 0 saturated heterocycles. The molecule has 3 rings (SSSR count). The summed E-state index contributed by atoms with van der Waals surface area (Å²) >= 11 is 0. The van der Waals surface area contributed by atoms with Gasteiger partial charge in [-0.05, 0) is 19.8 Å². The van der Waals surface area contributed by atoms with Crippen molar-refractivity contribution in [2.75, 3.05) is 0 Å². The van der Waals surface area contributed by atoms with Crippen molar-refractivity contribution in [2.24, 2.45) is 5.73 Å². The lowest BCUT2D eigenvalue weighted by Crippen LogP contribution is -2.42. The summed E-state index contributed by atoms with van der Waals surface area (Å²) in [5, 5.41) is 0. The molecular weight excluding hydrogens is 262 g/mol. The number of benzene rings is 1. The van der Waals surface area contributed by atoms with E-state index in [0.717, 1.165) is 36.9 Å². The lowest BCUT2D eigenvalue weighted by Gasteiger charge is -2.32. The summed E-state index contributed by atoms with van der Waals surface area (Å²) < 4.78 is 0. The minimum Gasteiger partial charge on any atom is -0.319 e. The van der Waals surface area contributed by atoms with Gasteiger partial charge in [0.05, 0.1) is 11.2 Å². The van der Waals surface area contributed by atoms with E-state index in [4.69, 9.17) is 10.7 Å². The Labute approximate surface area is 124 Å². The van der Waals surface area contributed by atoms with Crippen molar-refractivity contribution in [3.63, 3.8) is 0 Å². The van der Waals surface area contributed by atoms with Crippen LogP contribution in [0, 0.1) is 6.92 Å². The van der Waals surface area contributed by atoms with Gasteiger partial charge in [-0.1, -0.05) is 49.6 Å². The molecular formula is C17H21N3O. The number of nitrogens with zero attached hydrogens (tertiary/aromatic N) is 1. The minimum absolute atomic E-state index is 0.0887. The van der Waals surface area contributed by atoms with Crippen molar-refractivity contribution in [1.82, 2.24) is 9.97 Å². The molecule has 1 aliphatic rings. The van der Waals surface area contributed by atoms with Crippen LogP contribution in [0.4, 0.5) is 0 Å². The molecule has 0 bridgehead atoms. The fourth-order valence-corrected chi connectivity index (χ4v) is 3.06. The molecule has 0 atom stereocenters. The quantitative estimate of drug-likeness (QED) is 0.890. The highest BCUT2D eigenvalue weighted by Crippen LogP contribution is 2.33. The van der Waals surface area contributed by atoms with Gasteiger partial charge in [-0.3, -0.25) is 4.79 Å². The van der Waals surface area contributed by atoms with Gasteiger partial charge in [0.25, 0.3) is 5.56 Å². The molecule has 1 saturated carbocycles. The van der Waals surface area contributed by atoms with Gasteiger partial charge in [-0.2, -0.15) is 0 Å². The van der Waals surface area contributed by atoms with Crippen LogP contribution in [0.3, 0.4) is 0 Å². The lowest BCUT2D eigenvalue weighted by atomic mass is 9.82. The van der Waals surface area contributed by atoms with Crippen LogP contribution in [0.2, 0.25) is 0 Å². The zero-order valence-electron chi connectivity index (χ0n) is 12.4. The van der Waals surface area contributed by atoms with Gasteiger partial charge in [0.2, 0.25) is 0 Å². The fourth-order valence-electron chi connectivity index (χ4n) is 3.06. The standard InChI is InChI=1S/C17H21N3O/c1-12-14(13-8-4-2-5-9-13)19-16(20-15(12)21)17(18)10-6-3-7-11-17/h2,4-5,8-9H,3,6-7,10-11,18H2,1H3,(H,19,20,21). The molecule has 1 heterocycles. The molecule has 3 N–H and O–H groups in total. The van der Waals surface area contributed by atoms with Crippen molar-refractivity contribution in [1.29, 1.82) is 0 Å². The second-order valence-electron chi connectivity index (χ2n) is 5.97. The van der Waals surface area contributed by atoms with Crippen LogP contribution in [0.1, 0.15) is 43.5 Å². The van der Waals surface area contributed by atoms with Crippen LogP contribution in [-0.2, 0) is 5.54 Å². The van der Waals surface area contributed by atoms with Gasteiger partial charge in [0.1, 0.15) is 5.82 Å². The molecule has 1 aromatic carbocycles. The highest BCUT2D eigenvalue weighted by molar-refractivity contribution is 5.62. The average molecular weight is 283 g/mol. The summed E-state index contributed by atoms with van der Waals surface area (Å²) in [6.45, 7) is 1.81. The Morgan fingerprint density at radius 1 is 1.14 bits per heavy atom. The van der Waals surface area contributed by atoms with Crippen LogP contribution in [0.5, 0.6) is 0 Å². The molecule has 1 aromatic heterocycles. The normalized spacial score (nSPS) is 17.6. The number of hydrogen-bond acceptors (Lipinski definition) is 3. The smallest absolute Gasteiger partial charge is 0.254 e. The van der Waals surface area contributed by atoms with Crippen LogP contribution in [0.25, 0.3) is 11.3 Å². The first-order valence-corrected chi connectivity index (χ1v) is 7.56. The molecule has 1 fully saturated rings. The Bertz CT molecular complexity index is 685. The monoisotopic (exact) mass is 283 g/mol. The van der Waals surface area contributed by atoms with E-state index >= 15 is 0 Å². The number of H-pyrrole nitrogens is 1. The van der Waals surface area contributed by atoms with Crippen LogP contribution in [0.15, 0.2) is 35.1 Å². The van der Waals surface area contributed by atoms with Crippen molar-refractivity contribution in [3.05, 3.63) is 52.1 Å². The molecule has 0 radical (unpaired) electrons. The number of nitrogens with two attached hydrogens (primary N) is 1. The summed E-state index contributed by atoms with van der Waals surface area (Å²) in [7, 11) is 0. The summed E-state index contributed by atoms with van der Waals surface area (Å²) in [5.74, 6) is 0.636. The summed E-state index contributed by atoms with van der Waals surface area (Å²) in [6, 6.07) is 9.82. The zero-order chi connectivity index (χ0) is 14.9. The van der Waals surface area contributed by atoms with E-state index < -0.39 is 5.54 Å². The van der Waals surface area contributed by atoms with E-state index in [0.29, 0.717) is 11.4 Å². The highest BCUT2D eigenvalue weighted by Gasteiger charge is 2.32. The Morgan fingerprint density at radius 3 is 2.48 bits per heavy atom. The van der Waals surface area contributed by atoms with E-state index in [1.807, 2.05) is 37.3 Å². The maximum atomic E-state index is 12.3. The van der Waals surface area contributed by atoms with Crippen molar-refractivity contribution in [2.45, 2.75) is 44.6 Å². The zero-order valence-corrected chi connectivity index (χ0v) is 12.4. The van der Waals surface area contributed by atoms with Gasteiger partial charge in [-0.25, -0.2) is 4.98 Å². The molecule has 1 aliphatic carbocycles. The second kappa shape index (κ2) is 5.45. The highest BCUT2D eigenvalue weighted by atomic mass is 16.1. The van der Waals surface area contributed by atoms with Gasteiger partial charge < -0.3 is 10.7 Å². The Hall–Kier alpha value is -1.94. The molecule has 0 spiro atoms. The summed E-state index contributed by atoms with van der Waals surface area (Å²) in [5.41, 5.74) is 8.28. The topological polar surface area (TPSA) is 71.8 Å². The number of hydrogen-bond donors (Lipinski definition) is 2. The number of aromatic nitrogens is 2. The molecule has 2 aromatic rings. The molecule has 4 nitrogen and oxygen atoms in total. The van der Waals surface area contributed by atoms with Crippen molar-refractivity contribution < 1.29 is 0 Å². The molecule has 0 aliphatic heterocycles. The Balaban J connectivity index is 2.12. The van der Waals surface area contributed by atoms with Gasteiger partial charge in [0, 0.05) is 11.1 Å². The van der Waals surface area contributed by atoms with Crippen LogP contribution < -0.4 is 11.3 Å². The lowest BCUT2D eigenvalue weighted by molar-refractivity contribution is 0.286. The molecule has 0 amide bonds. The van der Waals surface area contributed by atoms with Crippen molar-refractivity contribution >= 4 is 0 Å². The predicted octanol–water partition coefficient (Wildman–Crippen LogP) is 2.86. The first-order chi connectivity index (χ1) is 10.1. The predicted molar refractivity (Wildman–Crippen MR) is 84.0 cm³/mol. The minimum atomic E-state index is -0.491. The molecule has 0 unspecified atom stereocenters. The number of rotatable bonds is 2.